The average Bonchev–Trinajstić information content (AvgIpc) is 2.67. The van der Waals surface area contributed by atoms with Crippen molar-refractivity contribution in [2.45, 2.75) is 13.8 Å². The van der Waals surface area contributed by atoms with E-state index < -0.39 is 5.97 Å². The van der Waals surface area contributed by atoms with Gasteiger partial charge < -0.3 is 14.9 Å². The van der Waals surface area contributed by atoms with Gasteiger partial charge in [-0.15, -0.1) is 0 Å². The number of esters is 1. The third kappa shape index (κ3) is 2.71. The van der Waals surface area contributed by atoms with E-state index in [9.17, 15) is 15.0 Å². The van der Waals surface area contributed by atoms with Crippen LogP contribution in [0.5, 0.6) is 5.75 Å². The Balaban J connectivity index is 2.35. The molecule has 0 aromatic heterocycles. The predicted octanol–water partition coefficient (Wildman–Crippen LogP) is 2.58. The first kappa shape index (κ1) is 13.9. The first-order valence-corrected chi connectivity index (χ1v) is 6.20. The number of carbonyl (C=O) groups excluding carboxylic acids is 1. The molecule has 0 aliphatic carbocycles. The molecule has 2 N–H and O–H groups in total. The number of benzene rings is 1. The molecule has 0 radical (unpaired) electrons. The van der Waals surface area contributed by atoms with Crippen LogP contribution in [0.4, 0.5) is 0 Å². The fourth-order valence-electron chi connectivity index (χ4n) is 1.87. The first-order valence-electron chi connectivity index (χ1n) is 6.20. The molecule has 0 saturated carbocycles. The lowest BCUT2D eigenvalue weighted by Gasteiger charge is -2.02. The van der Waals surface area contributed by atoms with Crippen LogP contribution in [0.1, 0.15) is 19.4 Å². The molecule has 1 aliphatic rings. The summed E-state index contributed by atoms with van der Waals surface area (Å²) in [5.41, 5.74) is 1.57. The standard InChI is InChI=1S/C15H15NO4/c1-3-20-15(19)13-9(2)16-12(14(13)18)8-10-4-6-11(17)7-5-10/h4-8,17-18H,3H2,1-2H3. The first-order chi connectivity index (χ1) is 9.52. The minimum absolute atomic E-state index is 0.0943. The monoisotopic (exact) mass is 273 g/mol. The van der Waals surface area contributed by atoms with Crippen LogP contribution in [0.3, 0.4) is 0 Å². The summed E-state index contributed by atoms with van der Waals surface area (Å²) in [6.45, 7) is 3.57. The Hall–Kier alpha value is -2.56. The lowest BCUT2D eigenvalue weighted by molar-refractivity contribution is -0.138. The molecule has 5 nitrogen and oxygen atoms in total. The van der Waals surface area contributed by atoms with Gasteiger partial charge in [0, 0.05) is 0 Å². The molecule has 1 aliphatic heterocycles. The fourth-order valence-corrected chi connectivity index (χ4v) is 1.87. The van der Waals surface area contributed by atoms with Crippen LogP contribution < -0.4 is 0 Å². The number of phenolic OH excluding ortho intramolecular Hbond substituents is 1. The minimum Gasteiger partial charge on any atom is -0.508 e. The molecule has 1 aromatic rings. The average molecular weight is 273 g/mol. The molecule has 0 bridgehead atoms. The van der Waals surface area contributed by atoms with Gasteiger partial charge in [0.1, 0.15) is 17.0 Å². The molecule has 5 heteroatoms. The molecular formula is C15H15NO4. The summed E-state index contributed by atoms with van der Waals surface area (Å²) in [6, 6.07) is 6.43. The zero-order valence-corrected chi connectivity index (χ0v) is 11.3. The van der Waals surface area contributed by atoms with E-state index in [-0.39, 0.29) is 23.7 Å². The van der Waals surface area contributed by atoms with Gasteiger partial charge >= 0.3 is 5.97 Å². The van der Waals surface area contributed by atoms with Crippen molar-refractivity contribution >= 4 is 17.8 Å². The number of hydrogen-bond donors (Lipinski definition) is 2. The lowest BCUT2D eigenvalue weighted by atomic mass is 10.1. The second-order valence-corrected chi connectivity index (χ2v) is 4.26. The van der Waals surface area contributed by atoms with E-state index in [1.807, 2.05) is 0 Å². The molecule has 0 spiro atoms. The maximum absolute atomic E-state index is 11.7. The highest BCUT2D eigenvalue weighted by Gasteiger charge is 2.27. The van der Waals surface area contributed by atoms with Crippen LogP contribution in [-0.2, 0) is 9.53 Å². The summed E-state index contributed by atoms with van der Waals surface area (Å²) in [4.78, 5) is 15.9. The van der Waals surface area contributed by atoms with Crippen LogP contribution >= 0.6 is 0 Å². The summed E-state index contributed by atoms with van der Waals surface area (Å²) < 4.78 is 4.88. The summed E-state index contributed by atoms with van der Waals surface area (Å²) in [7, 11) is 0. The highest BCUT2D eigenvalue weighted by molar-refractivity contribution is 6.22. The van der Waals surface area contributed by atoms with Crippen molar-refractivity contribution in [1.82, 2.24) is 0 Å². The van der Waals surface area contributed by atoms with E-state index in [1.54, 1.807) is 32.1 Å². The Morgan fingerprint density at radius 3 is 2.55 bits per heavy atom. The quantitative estimate of drug-likeness (QED) is 0.829. The second-order valence-electron chi connectivity index (χ2n) is 4.26. The van der Waals surface area contributed by atoms with E-state index in [0.29, 0.717) is 11.4 Å². The maximum atomic E-state index is 11.7. The molecule has 1 aromatic carbocycles. The molecule has 0 unspecified atom stereocenters. The number of aromatic hydroxyl groups is 1. The Labute approximate surface area is 116 Å². The number of phenols is 1. The van der Waals surface area contributed by atoms with E-state index in [2.05, 4.69) is 4.99 Å². The van der Waals surface area contributed by atoms with Crippen molar-refractivity contribution < 1.29 is 19.7 Å². The number of hydrogen-bond acceptors (Lipinski definition) is 5. The predicted molar refractivity (Wildman–Crippen MR) is 75.5 cm³/mol. The highest BCUT2D eigenvalue weighted by Crippen LogP contribution is 2.26. The summed E-state index contributed by atoms with van der Waals surface area (Å²) in [6.07, 6.45) is 1.63. The third-order valence-electron chi connectivity index (χ3n) is 2.81. The number of aliphatic hydroxyl groups is 1. The van der Waals surface area contributed by atoms with Crippen LogP contribution in [-0.4, -0.2) is 28.5 Å². The zero-order valence-electron chi connectivity index (χ0n) is 11.3. The molecule has 1 heterocycles. The molecule has 0 saturated heterocycles. The molecule has 0 amide bonds. The topological polar surface area (TPSA) is 79.1 Å². The van der Waals surface area contributed by atoms with Gasteiger partial charge in [-0.25, -0.2) is 9.79 Å². The number of ether oxygens (including phenoxy) is 1. The van der Waals surface area contributed by atoms with E-state index in [1.165, 1.54) is 12.1 Å². The van der Waals surface area contributed by atoms with Crippen molar-refractivity contribution in [3.8, 4) is 5.75 Å². The summed E-state index contributed by atoms with van der Waals surface area (Å²) in [5.74, 6) is -0.611. The Morgan fingerprint density at radius 2 is 1.95 bits per heavy atom. The number of nitrogens with zero attached hydrogens (tertiary/aromatic N) is 1. The van der Waals surface area contributed by atoms with Gasteiger partial charge in [0.2, 0.25) is 0 Å². The smallest absolute Gasteiger partial charge is 0.343 e. The molecule has 2 rings (SSSR count). The van der Waals surface area contributed by atoms with Gasteiger partial charge in [-0.2, -0.15) is 0 Å². The normalized spacial score (nSPS) is 16.5. The van der Waals surface area contributed by atoms with Crippen LogP contribution in [0.25, 0.3) is 6.08 Å². The molecular weight excluding hydrogens is 258 g/mol. The SMILES string of the molecule is CCOC(=O)C1=C(O)C(=Cc2ccc(O)cc2)N=C1C. The maximum Gasteiger partial charge on any atom is 0.343 e. The Morgan fingerprint density at radius 1 is 1.30 bits per heavy atom. The van der Waals surface area contributed by atoms with E-state index in [4.69, 9.17) is 4.74 Å². The van der Waals surface area contributed by atoms with E-state index >= 15 is 0 Å². The Bertz CT molecular complexity index is 624. The molecule has 0 fully saturated rings. The van der Waals surface area contributed by atoms with E-state index in [0.717, 1.165) is 5.56 Å². The van der Waals surface area contributed by atoms with Crippen molar-refractivity contribution in [2.24, 2.45) is 4.99 Å². The molecule has 20 heavy (non-hydrogen) atoms. The number of aliphatic hydroxyl groups excluding tert-OH is 1. The van der Waals surface area contributed by atoms with Gasteiger partial charge in [-0.05, 0) is 37.6 Å². The van der Waals surface area contributed by atoms with Gasteiger partial charge in [0.05, 0.1) is 12.3 Å². The highest BCUT2D eigenvalue weighted by atomic mass is 16.5. The van der Waals surface area contributed by atoms with Gasteiger partial charge in [0.15, 0.2) is 5.76 Å². The minimum atomic E-state index is -0.583. The van der Waals surface area contributed by atoms with Crippen molar-refractivity contribution in [3.63, 3.8) is 0 Å². The van der Waals surface area contributed by atoms with Crippen LogP contribution in [0.2, 0.25) is 0 Å². The Kier molecular flexibility index (Phi) is 3.89. The third-order valence-corrected chi connectivity index (χ3v) is 2.81. The van der Waals surface area contributed by atoms with Gasteiger partial charge in [0.25, 0.3) is 0 Å². The van der Waals surface area contributed by atoms with Crippen LogP contribution in [0.15, 0.2) is 46.3 Å². The number of carbonyl (C=O) groups is 1. The van der Waals surface area contributed by atoms with Crippen molar-refractivity contribution in [3.05, 3.63) is 46.9 Å². The molecule has 0 atom stereocenters. The summed E-state index contributed by atoms with van der Waals surface area (Å²) in [5, 5.41) is 19.3. The summed E-state index contributed by atoms with van der Waals surface area (Å²) >= 11 is 0. The van der Waals surface area contributed by atoms with Crippen LogP contribution in [0, 0.1) is 0 Å². The zero-order chi connectivity index (χ0) is 14.7. The van der Waals surface area contributed by atoms with Crippen molar-refractivity contribution in [2.75, 3.05) is 6.61 Å². The fraction of sp³-hybridized carbons (Fsp3) is 0.200. The lowest BCUT2D eigenvalue weighted by Crippen LogP contribution is -2.13. The number of aliphatic imine (C=N–C) groups is 1. The molecule has 104 valence electrons. The largest absolute Gasteiger partial charge is 0.508 e. The van der Waals surface area contributed by atoms with Gasteiger partial charge in [-0.1, -0.05) is 12.1 Å². The number of rotatable bonds is 3. The van der Waals surface area contributed by atoms with Gasteiger partial charge in [-0.3, -0.25) is 0 Å². The second kappa shape index (κ2) is 5.61. The van der Waals surface area contributed by atoms with Crippen molar-refractivity contribution in [1.29, 1.82) is 0 Å².